The Kier molecular flexibility index (Phi) is 7.04. The van der Waals surface area contributed by atoms with Gasteiger partial charge in [0.05, 0.1) is 13.2 Å². The van der Waals surface area contributed by atoms with Crippen LogP contribution in [0.3, 0.4) is 0 Å². The SMILES string of the molecule is CCCCC(=O)NCCc1cc(CO)c(O)c(CO)c1. The monoisotopic (exact) mass is 281 g/mol. The molecule has 1 amide bonds. The number of aliphatic hydroxyl groups excluding tert-OH is 2. The highest BCUT2D eigenvalue weighted by Crippen LogP contribution is 2.25. The van der Waals surface area contributed by atoms with Crippen LogP contribution in [0.15, 0.2) is 12.1 Å². The Morgan fingerprint density at radius 2 is 1.80 bits per heavy atom. The molecule has 0 radical (unpaired) electrons. The van der Waals surface area contributed by atoms with Gasteiger partial charge in [0.15, 0.2) is 0 Å². The molecule has 5 nitrogen and oxygen atoms in total. The maximum atomic E-state index is 11.5. The van der Waals surface area contributed by atoms with E-state index < -0.39 is 0 Å². The van der Waals surface area contributed by atoms with Gasteiger partial charge in [0.2, 0.25) is 5.91 Å². The number of aliphatic hydroxyl groups is 2. The largest absolute Gasteiger partial charge is 0.507 e. The lowest BCUT2D eigenvalue weighted by Gasteiger charge is -2.11. The molecule has 1 rings (SSSR count). The summed E-state index contributed by atoms with van der Waals surface area (Å²) in [5.41, 5.74) is 1.65. The first-order chi connectivity index (χ1) is 9.62. The van der Waals surface area contributed by atoms with Crippen LogP contribution in [0.1, 0.15) is 42.9 Å². The fraction of sp³-hybridized carbons (Fsp3) is 0.533. The van der Waals surface area contributed by atoms with Crippen molar-refractivity contribution < 1.29 is 20.1 Å². The Bertz CT molecular complexity index is 420. The lowest BCUT2D eigenvalue weighted by atomic mass is 10.0. The summed E-state index contributed by atoms with van der Waals surface area (Å²) in [6, 6.07) is 3.37. The van der Waals surface area contributed by atoms with E-state index in [-0.39, 0.29) is 24.9 Å². The lowest BCUT2D eigenvalue weighted by molar-refractivity contribution is -0.121. The average molecular weight is 281 g/mol. The summed E-state index contributed by atoms with van der Waals surface area (Å²) in [4.78, 5) is 11.5. The van der Waals surface area contributed by atoms with E-state index in [1.165, 1.54) is 0 Å². The van der Waals surface area contributed by atoms with Crippen LogP contribution in [0.25, 0.3) is 0 Å². The summed E-state index contributed by atoms with van der Waals surface area (Å²) in [6.45, 7) is 1.98. The van der Waals surface area contributed by atoms with Gasteiger partial charge in [-0.15, -0.1) is 0 Å². The lowest BCUT2D eigenvalue weighted by Crippen LogP contribution is -2.25. The molecule has 1 aromatic carbocycles. The predicted molar refractivity (Wildman–Crippen MR) is 76.2 cm³/mol. The van der Waals surface area contributed by atoms with Crippen molar-refractivity contribution in [3.8, 4) is 5.75 Å². The molecule has 0 bridgehead atoms. The van der Waals surface area contributed by atoms with Gasteiger partial charge < -0.3 is 20.6 Å². The second-order valence-electron chi connectivity index (χ2n) is 4.78. The minimum atomic E-state index is -0.282. The number of nitrogens with one attached hydrogen (secondary N) is 1. The van der Waals surface area contributed by atoms with Gasteiger partial charge in [0, 0.05) is 24.1 Å². The van der Waals surface area contributed by atoms with Crippen LogP contribution in [0.2, 0.25) is 0 Å². The molecule has 5 heteroatoms. The zero-order valence-electron chi connectivity index (χ0n) is 11.9. The Morgan fingerprint density at radius 1 is 1.20 bits per heavy atom. The minimum absolute atomic E-state index is 0.0374. The van der Waals surface area contributed by atoms with Crippen LogP contribution in [-0.2, 0) is 24.4 Å². The number of benzene rings is 1. The molecule has 0 unspecified atom stereocenters. The molecule has 0 aliphatic carbocycles. The molecule has 20 heavy (non-hydrogen) atoms. The number of carbonyl (C=O) groups is 1. The zero-order valence-corrected chi connectivity index (χ0v) is 11.9. The Labute approximate surface area is 119 Å². The third-order valence-corrected chi connectivity index (χ3v) is 3.16. The molecule has 0 atom stereocenters. The maximum absolute atomic E-state index is 11.5. The molecule has 4 N–H and O–H groups in total. The summed E-state index contributed by atoms with van der Waals surface area (Å²) in [5.74, 6) is -0.0267. The van der Waals surface area contributed by atoms with Gasteiger partial charge in [0.1, 0.15) is 5.75 Å². The van der Waals surface area contributed by atoms with Crippen molar-refractivity contribution in [1.29, 1.82) is 0 Å². The van der Waals surface area contributed by atoms with Gasteiger partial charge >= 0.3 is 0 Å². The van der Waals surface area contributed by atoms with Gasteiger partial charge in [0.25, 0.3) is 0 Å². The van der Waals surface area contributed by atoms with E-state index in [4.69, 9.17) is 10.2 Å². The van der Waals surface area contributed by atoms with Gasteiger partial charge in [-0.1, -0.05) is 13.3 Å². The highest BCUT2D eigenvalue weighted by Gasteiger charge is 2.09. The van der Waals surface area contributed by atoms with Gasteiger partial charge in [-0.2, -0.15) is 0 Å². The first-order valence-electron chi connectivity index (χ1n) is 6.94. The number of rotatable bonds is 8. The van der Waals surface area contributed by atoms with E-state index in [0.29, 0.717) is 30.5 Å². The topological polar surface area (TPSA) is 89.8 Å². The fourth-order valence-corrected chi connectivity index (χ4v) is 1.99. The van der Waals surface area contributed by atoms with Crippen molar-refractivity contribution in [1.82, 2.24) is 5.32 Å². The van der Waals surface area contributed by atoms with Crippen molar-refractivity contribution in [3.63, 3.8) is 0 Å². The van der Waals surface area contributed by atoms with Crippen molar-refractivity contribution >= 4 is 5.91 Å². The molecule has 0 aliphatic rings. The molecule has 0 saturated carbocycles. The molecular formula is C15H23NO4. The highest BCUT2D eigenvalue weighted by atomic mass is 16.3. The number of carbonyl (C=O) groups excluding carboxylic acids is 1. The highest BCUT2D eigenvalue weighted by molar-refractivity contribution is 5.75. The van der Waals surface area contributed by atoms with E-state index in [1.54, 1.807) is 12.1 Å². The molecule has 0 heterocycles. The third-order valence-electron chi connectivity index (χ3n) is 3.16. The molecule has 0 fully saturated rings. The van der Waals surface area contributed by atoms with Gasteiger partial charge in [-0.25, -0.2) is 0 Å². The van der Waals surface area contributed by atoms with E-state index in [0.717, 1.165) is 18.4 Å². The minimum Gasteiger partial charge on any atom is -0.507 e. The number of aromatic hydroxyl groups is 1. The van der Waals surface area contributed by atoms with E-state index in [1.807, 2.05) is 6.92 Å². The van der Waals surface area contributed by atoms with Crippen LogP contribution in [0, 0.1) is 0 Å². The first kappa shape index (κ1) is 16.5. The number of amides is 1. The molecular weight excluding hydrogens is 258 g/mol. The van der Waals surface area contributed by atoms with E-state index in [2.05, 4.69) is 5.32 Å². The Hall–Kier alpha value is -1.59. The molecule has 0 aliphatic heterocycles. The zero-order chi connectivity index (χ0) is 15.0. The summed E-state index contributed by atoms with van der Waals surface area (Å²) in [7, 11) is 0. The van der Waals surface area contributed by atoms with Crippen molar-refractivity contribution in [2.75, 3.05) is 6.54 Å². The maximum Gasteiger partial charge on any atom is 0.220 e. The van der Waals surface area contributed by atoms with Crippen LogP contribution in [0.4, 0.5) is 0 Å². The molecule has 112 valence electrons. The Morgan fingerprint density at radius 3 is 2.30 bits per heavy atom. The van der Waals surface area contributed by atoms with Crippen molar-refractivity contribution in [2.45, 2.75) is 45.8 Å². The Balaban J connectivity index is 2.57. The van der Waals surface area contributed by atoms with Crippen LogP contribution >= 0.6 is 0 Å². The second-order valence-corrected chi connectivity index (χ2v) is 4.78. The fourth-order valence-electron chi connectivity index (χ4n) is 1.99. The van der Waals surface area contributed by atoms with Gasteiger partial charge in [-0.3, -0.25) is 4.79 Å². The number of unbranched alkanes of at least 4 members (excludes halogenated alkanes) is 1. The molecule has 0 spiro atoms. The predicted octanol–water partition coefficient (Wildman–Crippen LogP) is 1.23. The standard InChI is InChI=1S/C15H23NO4/c1-2-3-4-14(19)16-6-5-11-7-12(9-17)15(20)13(8-11)10-18/h7-8,17-18,20H,2-6,9-10H2,1H3,(H,16,19). The van der Waals surface area contributed by atoms with Crippen LogP contribution in [0.5, 0.6) is 5.75 Å². The normalized spacial score (nSPS) is 10.6. The summed E-state index contributed by atoms with van der Waals surface area (Å²) >= 11 is 0. The molecule has 0 aromatic heterocycles. The second kappa shape index (κ2) is 8.55. The average Bonchev–Trinajstić information content (AvgIpc) is 2.46. The first-order valence-corrected chi connectivity index (χ1v) is 6.94. The summed E-state index contributed by atoms with van der Waals surface area (Å²) < 4.78 is 0. The molecule has 1 aromatic rings. The number of hydrogen-bond donors (Lipinski definition) is 4. The van der Waals surface area contributed by atoms with Crippen molar-refractivity contribution in [2.24, 2.45) is 0 Å². The number of phenols is 1. The third kappa shape index (κ3) is 4.83. The van der Waals surface area contributed by atoms with Crippen LogP contribution < -0.4 is 5.32 Å². The quantitative estimate of drug-likeness (QED) is 0.577. The van der Waals surface area contributed by atoms with Gasteiger partial charge in [-0.05, 0) is 30.5 Å². The summed E-state index contributed by atoms with van der Waals surface area (Å²) in [6.07, 6.45) is 3.01. The molecule has 0 saturated heterocycles. The van der Waals surface area contributed by atoms with Crippen LogP contribution in [-0.4, -0.2) is 27.8 Å². The summed E-state index contributed by atoms with van der Waals surface area (Å²) in [5, 5.41) is 30.9. The van der Waals surface area contributed by atoms with E-state index >= 15 is 0 Å². The number of hydrogen-bond acceptors (Lipinski definition) is 4. The van der Waals surface area contributed by atoms with E-state index in [9.17, 15) is 9.90 Å². The van der Waals surface area contributed by atoms with Crippen molar-refractivity contribution in [3.05, 3.63) is 28.8 Å². The smallest absolute Gasteiger partial charge is 0.220 e.